The SMILES string of the molecule is CCOP(=O)(C=C[C@@H]1CC(OC(=O)c2ccccc2)[C@H](n2ccc(=O)[nH]c2=O)O1)OCC. The molecule has 1 saturated heterocycles. The van der Waals surface area contributed by atoms with Gasteiger partial charge < -0.3 is 18.5 Å². The molecule has 10 nitrogen and oxygen atoms in total. The molecule has 3 rings (SSSR count). The van der Waals surface area contributed by atoms with Crippen molar-refractivity contribution in [2.24, 2.45) is 0 Å². The lowest BCUT2D eigenvalue weighted by atomic mass is 10.2. The number of rotatable bonds is 9. The van der Waals surface area contributed by atoms with Gasteiger partial charge >= 0.3 is 19.3 Å². The molecule has 1 N–H and O–H groups in total. The molecule has 3 atom stereocenters. The Bertz CT molecular complexity index is 1100. The van der Waals surface area contributed by atoms with E-state index in [4.69, 9.17) is 18.5 Å². The molecule has 0 bridgehead atoms. The number of hydrogen-bond acceptors (Lipinski definition) is 8. The van der Waals surface area contributed by atoms with Crippen molar-refractivity contribution in [3.05, 3.63) is 80.9 Å². The van der Waals surface area contributed by atoms with E-state index in [-0.39, 0.29) is 19.6 Å². The topological polar surface area (TPSA) is 126 Å². The fraction of sp³-hybridized carbons (Fsp3) is 0.381. The van der Waals surface area contributed by atoms with Crippen LogP contribution in [0.2, 0.25) is 0 Å². The molecule has 1 fully saturated rings. The lowest BCUT2D eigenvalue weighted by molar-refractivity contribution is -0.0421. The van der Waals surface area contributed by atoms with Gasteiger partial charge in [0, 0.05) is 24.5 Å². The molecular weight excluding hydrogens is 439 g/mol. The number of H-pyrrole nitrogens is 1. The third-order valence-electron chi connectivity index (χ3n) is 4.59. The van der Waals surface area contributed by atoms with Crippen LogP contribution < -0.4 is 11.2 Å². The first-order valence-corrected chi connectivity index (χ1v) is 11.8. The summed E-state index contributed by atoms with van der Waals surface area (Å²) < 4.78 is 35.8. The number of nitrogens with one attached hydrogen (secondary N) is 1. The van der Waals surface area contributed by atoms with Crippen molar-refractivity contribution in [1.82, 2.24) is 9.55 Å². The van der Waals surface area contributed by atoms with Crippen molar-refractivity contribution in [1.29, 1.82) is 0 Å². The fourth-order valence-electron chi connectivity index (χ4n) is 3.23. The molecule has 32 heavy (non-hydrogen) atoms. The van der Waals surface area contributed by atoms with Crippen LogP contribution in [0.1, 0.15) is 36.9 Å². The normalized spacial score (nSPS) is 21.1. The molecule has 1 aliphatic rings. The van der Waals surface area contributed by atoms with Crippen LogP contribution in [-0.2, 0) is 23.1 Å². The summed E-state index contributed by atoms with van der Waals surface area (Å²) in [5.41, 5.74) is -0.925. The monoisotopic (exact) mass is 464 g/mol. The Kier molecular flexibility index (Phi) is 7.98. The second-order valence-corrected chi connectivity index (χ2v) is 8.74. The molecule has 2 aromatic rings. The maximum absolute atomic E-state index is 12.7. The van der Waals surface area contributed by atoms with Crippen molar-refractivity contribution in [2.45, 2.75) is 38.7 Å². The second kappa shape index (κ2) is 10.7. The molecule has 0 amide bonds. The van der Waals surface area contributed by atoms with Gasteiger partial charge in [0.05, 0.1) is 24.9 Å². The summed E-state index contributed by atoms with van der Waals surface area (Å²) in [5.74, 6) is 0.722. The van der Waals surface area contributed by atoms with E-state index in [1.165, 1.54) is 24.2 Å². The van der Waals surface area contributed by atoms with Crippen LogP contribution in [0.3, 0.4) is 0 Å². The summed E-state index contributed by atoms with van der Waals surface area (Å²) in [5, 5.41) is 0. The van der Waals surface area contributed by atoms with Gasteiger partial charge in [-0.2, -0.15) is 0 Å². The van der Waals surface area contributed by atoms with Crippen LogP contribution in [0.25, 0.3) is 0 Å². The Labute approximate surface area is 184 Å². The summed E-state index contributed by atoms with van der Waals surface area (Å²) in [6, 6.07) is 9.57. The third-order valence-corrected chi connectivity index (χ3v) is 6.36. The highest BCUT2D eigenvalue weighted by atomic mass is 31.2. The van der Waals surface area contributed by atoms with Crippen LogP contribution in [0.5, 0.6) is 0 Å². The van der Waals surface area contributed by atoms with E-state index >= 15 is 0 Å². The summed E-state index contributed by atoms with van der Waals surface area (Å²) in [6.07, 6.45) is 0.462. The first-order chi connectivity index (χ1) is 15.3. The van der Waals surface area contributed by atoms with Crippen LogP contribution in [0.4, 0.5) is 0 Å². The van der Waals surface area contributed by atoms with Gasteiger partial charge in [-0.25, -0.2) is 9.59 Å². The average Bonchev–Trinajstić information content (AvgIpc) is 3.16. The number of carbonyl (C=O) groups is 1. The number of benzene rings is 1. The molecule has 2 heterocycles. The Balaban J connectivity index is 1.86. The van der Waals surface area contributed by atoms with Gasteiger partial charge in [-0.1, -0.05) is 18.2 Å². The van der Waals surface area contributed by atoms with Gasteiger partial charge in [0.2, 0.25) is 0 Å². The minimum absolute atomic E-state index is 0.184. The molecule has 1 aromatic carbocycles. The van der Waals surface area contributed by atoms with E-state index < -0.39 is 43.2 Å². The van der Waals surface area contributed by atoms with Gasteiger partial charge in [-0.3, -0.25) is 18.9 Å². The zero-order valence-corrected chi connectivity index (χ0v) is 18.6. The lowest BCUT2D eigenvalue weighted by Crippen LogP contribution is -2.36. The second-order valence-electron chi connectivity index (χ2n) is 6.84. The number of hydrogen-bond donors (Lipinski definition) is 1. The van der Waals surface area contributed by atoms with E-state index in [0.29, 0.717) is 5.56 Å². The molecule has 0 saturated carbocycles. The number of aromatic nitrogens is 2. The smallest absolute Gasteiger partial charge is 0.353 e. The van der Waals surface area contributed by atoms with Gasteiger partial charge in [0.25, 0.3) is 5.56 Å². The summed E-state index contributed by atoms with van der Waals surface area (Å²) in [4.78, 5) is 38.5. The molecule has 1 aliphatic heterocycles. The minimum Gasteiger partial charge on any atom is -0.454 e. The summed E-state index contributed by atoms with van der Waals surface area (Å²) >= 11 is 0. The first kappa shape index (κ1) is 23.9. The van der Waals surface area contributed by atoms with Crippen molar-refractivity contribution in [3.8, 4) is 0 Å². The zero-order chi connectivity index (χ0) is 23.1. The van der Waals surface area contributed by atoms with E-state index in [1.54, 1.807) is 44.2 Å². The maximum atomic E-state index is 12.7. The summed E-state index contributed by atoms with van der Waals surface area (Å²) in [6.45, 7) is 3.78. The van der Waals surface area contributed by atoms with Gasteiger partial charge in [0.1, 0.15) is 0 Å². The maximum Gasteiger partial charge on any atom is 0.353 e. The van der Waals surface area contributed by atoms with Gasteiger partial charge in [-0.15, -0.1) is 0 Å². The molecule has 0 radical (unpaired) electrons. The predicted octanol–water partition coefficient (Wildman–Crippen LogP) is 2.83. The van der Waals surface area contributed by atoms with Crippen LogP contribution in [0, 0.1) is 0 Å². The van der Waals surface area contributed by atoms with Crippen molar-refractivity contribution >= 4 is 13.6 Å². The van der Waals surface area contributed by atoms with Crippen LogP contribution in [0.15, 0.2) is 64.1 Å². The fourth-order valence-corrected chi connectivity index (χ4v) is 4.60. The lowest BCUT2D eigenvalue weighted by Gasteiger charge is -2.20. The Morgan fingerprint density at radius 1 is 1.19 bits per heavy atom. The largest absolute Gasteiger partial charge is 0.454 e. The highest BCUT2D eigenvalue weighted by Gasteiger charge is 2.39. The minimum atomic E-state index is -3.46. The third kappa shape index (κ3) is 5.92. The van der Waals surface area contributed by atoms with E-state index in [1.807, 2.05) is 0 Å². The van der Waals surface area contributed by atoms with E-state index in [0.717, 1.165) is 4.57 Å². The van der Waals surface area contributed by atoms with Crippen molar-refractivity contribution < 1.29 is 27.9 Å². The molecule has 1 aromatic heterocycles. The Hall–Kier alpha value is -2.78. The van der Waals surface area contributed by atoms with Crippen LogP contribution in [-0.4, -0.2) is 40.9 Å². The molecule has 172 valence electrons. The molecular formula is C21H25N2O8P. The van der Waals surface area contributed by atoms with Crippen LogP contribution >= 0.6 is 7.60 Å². The number of nitrogens with zero attached hydrogens (tertiary/aromatic N) is 1. The van der Waals surface area contributed by atoms with E-state index in [9.17, 15) is 18.9 Å². The predicted molar refractivity (Wildman–Crippen MR) is 115 cm³/mol. The number of carbonyl (C=O) groups excluding carboxylic acids is 1. The number of aromatic amines is 1. The Morgan fingerprint density at radius 2 is 1.88 bits per heavy atom. The summed E-state index contributed by atoms with van der Waals surface area (Å²) in [7, 11) is -3.46. The quantitative estimate of drug-likeness (QED) is 0.444. The van der Waals surface area contributed by atoms with Crippen molar-refractivity contribution in [2.75, 3.05) is 13.2 Å². The highest BCUT2D eigenvalue weighted by Crippen LogP contribution is 2.50. The van der Waals surface area contributed by atoms with Gasteiger partial charge in [-0.05, 0) is 32.1 Å². The van der Waals surface area contributed by atoms with Crippen molar-refractivity contribution in [3.63, 3.8) is 0 Å². The Morgan fingerprint density at radius 3 is 2.50 bits per heavy atom. The number of ether oxygens (including phenoxy) is 2. The van der Waals surface area contributed by atoms with E-state index in [2.05, 4.69) is 4.98 Å². The molecule has 11 heteroatoms. The zero-order valence-electron chi connectivity index (χ0n) is 17.7. The molecule has 0 aliphatic carbocycles. The highest BCUT2D eigenvalue weighted by molar-refractivity contribution is 7.57. The van der Waals surface area contributed by atoms with Gasteiger partial charge in [0.15, 0.2) is 12.3 Å². The average molecular weight is 464 g/mol. The molecule has 0 spiro atoms. The first-order valence-electron chi connectivity index (χ1n) is 10.2. The standard InChI is InChI=1S/C21H25N2O8P/c1-3-28-32(27,29-4-2)13-11-16-14-17(31-20(25)15-8-6-5-7-9-15)19(30-16)23-12-10-18(24)22-21(23)26/h5-13,16-17,19H,3-4,14H2,1-2H3,(H,22,24,26)/t16-,17?,19-/m1/s1. The number of esters is 1. The molecule has 1 unspecified atom stereocenters.